The van der Waals surface area contributed by atoms with Gasteiger partial charge in [0.05, 0.1) is 11.7 Å². The summed E-state index contributed by atoms with van der Waals surface area (Å²) in [6.45, 7) is 8.92. The van der Waals surface area contributed by atoms with Gasteiger partial charge in [0.15, 0.2) is 0 Å². The van der Waals surface area contributed by atoms with Gasteiger partial charge in [0.25, 0.3) is 0 Å². The number of anilines is 1. The Balaban J connectivity index is 2.09. The van der Waals surface area contributed by atoms with Crippen molar-refractivity contribution in [3.63, 3.8) is 0 Å². The molecule has 1 aliphatic rings. The topological polar surface area (TPSA) is 57.3 Å². The van der Waals surface area contributed by atoms with Gasteiger partial charge < -0.3 is 15.5 Å². The monoisotopic (exact) mass is 276 g/mol. The Morgan fingerprint density at radius 1 is 1.60 bits per heavy atom. The summed E-state index contributed by atoms with van der Waals surface area (Å²) in [7, 11) is 0. The fourth-order valence-electron chi connectivity index (χ4n) is 2.41. The molecule has 1 saturated heterocycles. The lowest BCUT2D eigenvalue weighted by atomic mass is 10.2. The summed E-state index contributed by atoms with van der Waals surface area (Å²) < 4.78 is 0. The Morgan fingerprint density at radius 3 is 3.10 bits per heavy atom. The van der Waals surface area contributed by atoms with Gasteiger partial charge in [0.2, 0.25) is 5.91 Å². The van der Waals surface area contributed by atoms with Crippen molar-refractivity contribution in [3.05, 3.63) is 23.9 Å². The van der Waals surface area contributed by atoms with E-state index in [1.807, 2.05) is 32.0 Å². The zero-order valence-corrected chi connectivity index (χ0v) is 12.5. The van der Waals surface area contributed by atoms with Crippen LogP contribution in [0.25, 0.3) is 0 Å². The van der Waals surface area contributed by atoms with Crippen molar-refractivity contribution in [3.8, 4) is 0 Å². The number of carbonyl (C=O) groups excluding carboxylic acids is 1. The summed E-state index contributed by atoms with van der Waals surface area (Å²) in [4.78, 5) is 18.5. The maximum absolute atomic E-state index is 11.5. The molecular formula is C15H24N4O. The van der Waals surface area contributed by atoms with E-state index in [2.05, 4.69) is 22.5 Å². The molecule has 1 aromatic heterocycles. The van der Waals surface area contributed by atoms with E-state index in [1.165, 1.54) is 0 Å². The minimum absolute atomic E-state index is 0.0530. The minimum atomic E-state index is -0.0530. The molecule has 0 radical (unpaired) electrons. The molecule has 2 atom stereocenters. The molecular weight excluding hydrogens is 252 g/mol. The van der Waals surface area contributed by atoms with Gasteiger partial charge in [-0.05, 0) is 26.0 Å². The summed E-state index contributed by atoms with van der Waals surface area (Å²) in [6, 6.07) is 6.44. The second kappa shape index (κ2) is 6.70. The fraction of sp³-hybridized carbons (Fsp3) is 0.600. The van der Waals surface area contributed by atoms with Crippen LogP contribution in [0.1, 0.15) is 38.9 Å². The third kappa shape index (κ3) is 3.70. The molecule has 2 N–H and O–H groups in total. The molecule has 1 fully saturated rings. The molecule has 0 unspecified atom stereocenters. The molecule has 5 heteroatoms. The predicted molar refractivity (Wildman–Crippen MR) is 80.8 cm³/mol. The number of nitrogens with zero attached hydrogens (tertiary/aromatic N) is 2. The number of hydrogen-bond acceptors (Lipinski definition) is 4. The highest BCUT2D eigenvalue weighted by Gasteiger charge is 2.18. The van der Waals surface area contributed by atoms with Crippen LogP contribution in [0.3, 0.4) is 0 Å². The standard InChI is InChI=1S/C15H24N4O/c1-4-15(20)17-12(3)13-6-5-7-14(18-13)19-9-8-16-11(2)10-19/h5-7,11-12,16H,4,8-10H2,1-3H3,(H,17,20)/t11-,12-/m1/s1. The lowest BCUT2D eigenvalue weighted by molar-refractivity contribution is -0.121. The van der Waals surface area contributed by atoms with Crippen molar-refractivity contribution in [2.75, 3.05) is 24.5 Å². The lowest BCUT2D eigenvalue weighted by Crippen LogP contribution is -2.49. The van der Waals surface area contributed by atoms with E-state index in [0.717, 1.165) is 31.1 Å². The number of hydrogen-bond donors (Lipinski definition) is 2. The molecule has 5 nitrogen and oxygen atoms in total. The first-order valence-electron chi connectivity index (χ1n) is 7.34. The number of pyridine rings is 1. The van der Waals surface area contributed by atoms with Crippen molar-refractivity contribution < 1.29 is 4.79 Å². The van der Waals surface area contributed by atoms with Crippen LogP contribution in [0.4, 0.5) is 5.82 Å². The first kappa shape index (κ1) is 14.8. The van der Waals surface area contributed by atoms with E-state index in [9.17, 15) is 4.79 Å². The highest BCUT2D eigenvalue weighted by atomic mass is 16.1. The summed E-state index contributed by atoms with van der Waals surface area (Å²) >= 11 is 0. The molecule has 0 spiro atoms. The average Bonchev–Trinajstić information content (AvgIpc) is 2.47. The van der Waals surface area contributed by atoms with E-state index in [1.54, 1.807) is 0 Å². The predicted octanol–water partition coefficient (Wildman–Crippen LogP) is 1.47. The second-order valence-corrected chi connectivity index (χ2v) is 5.36. The third-order valence-electron chi connectivity index (χ3n) is 3.59. The molecule has 1 aliphatic heterocycles. The SMILES string of the molecule is CCC(=O)N[C@H](C)c1cccc(N2CCN[C@H](C)C2)n1. The van der Waals surface area contributed by atoms with E-state index in [-0.39, 0.29) is 11.9 Å². The minimum Gasteiger partial charge on any atom is -0.354 e. The van der Waals surface area contributed by atoms with Crippen molar-refractivity contribution in [2.24, 2.45) is 0 Å². The number of carbonyl (C=O) groups is 1. The van der Waals surface area contributed by atoms with Crippen molar-refractivity contribution >= 4 is 11.7 Å². The number of aromatic nitrogens is 1. The molecule has 0 aliphatic carbocycles. The highest BCUT2D eigenvalue weighted by Crippen LogP contribution is 2.17. The van der Waals surface area contributed by atoms with Gasteiger partial charge in [0.1, 0.15) is 5.82 Å². The Bertz CT molecular complexity index is 463. The Kier molecular flexibility index (Phi) is 4.95. The van der Waals surface area contributed by atoms with Gasteiger partial charge >= 0.3 is 0 Å². The largest absolute Gasteiger partial charge is 0.354 e. The van der Waals surface area contributed by atoms with Crippen molar-refractivity contribution in [1.29, 1.82) is 0 Å². The first-order valence-corrected chi connectivity index (χ1v) is 7.34. The molecule has 0 saturated carbocycles. The molecule has 0 bridgehead atoms. The summed E-state index contributed by atoms with van der Waals surface area (Å²) in [6.07, 6.45) is 0.499. The quantitative estimate of drug-likeness (QED) is 0.874. The van der Waals surface area contributed by atoms with E-state index >= 15 is 0 Å². The molecule has 110 valence electrons. The van der Waals surface area contributed by atoms with Gasteiger partial charge in [-0.25, -0.2) is 4.98 Å². The van der Waals surface area contributed by atoms with Crippen LogP contribution in [0.5, 0.6) is 0 Å². The average molecular weight is 276 g/mol. The fourth-order valence-corrected chi connectivity index (χ4v) is 2.41. The molecule has 2 heterocycles. The van der Waals surface area contributed by atoms with Crippen LogP contribution >= 0.6 is 0 Å². The van der Waals surface area contributed by atoms with Gasteiger partial charge in [-0.15, -0.1) is 0 Å². The Hall–Kier alpha value is -1.62. The van der Waals surface area contributed by atoms with Crippen LogP contribution in [0.15, 0.2) is 18.2 Å². The molecule has 0 aromatic carbocycles. The van der Waals surface area contributed by atoms with Crippen LogP contribution in [-0.2, 0) is 4.79 Å². The van der Waals surface area contributed by atoms with Crippen LogP contribution in [0.2, 0.25) is 0 Å². The van der Waals surface area contributed by atoms with Crippen LogP contribution in [-0.4, -0.2) is 36.6 Å². The van der Waals surface area contributed by atoms with Crippen LogP contribution < -0.4 is 15.5 Å². The van der Waals surface area contributed by atoms with E-state index < -0.39 is 0 Å². The summed E-state index contributed by atoms with van der Waals surface area (Å²) in [5.41, 5.74) is 0.912. The Morgan fingerprint density at radius 2 is 2.40 bits per heavy atom. The Labute approximate surface area is 120 Å². The van der Waals surface area contributed by atoms with Gasteiger partial charge in [0, 0.05) is 32.1 Å². The maximum Gasteiger partial charge on any atom is 0.220 e. The number of nitrogens with one attached hydrogen (secondary N) is 2. The van der Waals surface area contributed by atoms with Gasteiger partial charge in [-0.2, -0.15) is 0 Å². The van der Waals surface area contributed by atoms with E-state index in [4.69, 9.17) is 4.98 Å². The number of amides is 1. The number of piperazine rings is 1. The zero-order chi connectivity index (χ0) is 14.5. The summed E-state index contributed by atoms with van der Waals surface area (Å²) in [5.74, 6) is 1.05. The lowest BCUT2D eigenvalue weighted by Gasteiger charge is -2.33. The van der Waals surface area contributed by atoms with Crippen molar-refractivity contribution in [2.45, 2.75) is 39.3 Å². The molecule has 20 heavy (non-hydrogen) atoms. The van der Waals surface area contributed by atoms with E-state index in [0.29, 0.717) is 12.5 Å². The molecule has 1 amide bonds. The van der Waals surface area contributed by atoms with Gasteiger partial charge in [-0.3, -0.25) is 4.79 Å². The zero-order valence-electron chi connectivity index (χ0n) is 12.5. The summed E-state index contributed by atoms with van der Waals surface area (Å²) in [5, 5.41) is 6.38. The van der Waals surface area contributed by atoms with Crippen LogP contribution in [0, 0.1) is 0 Å². The van der Waals surface area contributed by atoms with Crippen molar-refractivity contribution in [1.82, 2.24) is 15.6 Å². The normalized spacial score (nSPS) is 20.6. The third-order valence-corrected chi connectivity index (χ3v) is 3.59. The first-order chi connectivity index (χ1) is 9.60. The van der Waals surface area contributed by atoms with Gasteiger partial charge in [-0.1, -0.05) is 13.0 Å². The smallest absolute Gasteiger partial charge is 0.220 e. The second-order valence-electron chi connectivity index (χ2n) is 5.36. The maximum atomic E-state index is 11.5. The number of rotatable bonds is 4. The highest BCUT2D eigenvalue weighted by molar-refractivity contribution is 5.75. The molecule has 2 rings (SSSR count). The molecule has 1 aromatic rings.